The van der Waals surface area contributed by atoms with E-state index in [4.69, 9.17) is 4.74 Å². The van der Waals surface area contributed by atoms with Gasteiger partial charge in [-0.15, -0.1) is 0 Å². The Hall–Kier alpha value is -1.19. The quantitative estimate of drug-likeness (QED) is 0.780. The highest BCUT2D eigenvalue weighted by molar-refractivity contribution is 6.00. The van der Waals surface area contributed by atoms with Crippen molar-refractivity contribution >= 4 is 5.78 Å². The molecule has 3 heteroatoms. The summed E-state index contributed by atoms with van der Waals surface area (Å²) in [5.74, 6) is 0.899. The normalized spacial score (nSPS) is 16.4. The Morgan fingerprint density at radius 3 is 2.33 bits per heavy atom. The summed E-state index contributed by atoms with van der Waals surface area (Å²) in [6.07, 6.45) is 2.22. The topological polar surface area (TPSA) is 29.5 Å². The maximum atomic E-state index is 12.6. The molecule has 0 spiro atoms. The lowest BCUT2D eigenvalue weighted by Crippen LogP contribution is -2.33. The first-order valence-corrected chi connectivity index (χ1v) is 7.84. The average molecular weight is 289 g/mol. The van der Waals surface area contributed by atoms with Crippen LogP contribution in [0.2, 0.25) is 0 Å². The number of Topliss-reactive ketones (excluding diaryl/α,β-unsaturated/α-hetero) is 1. The molecule has 1 heterocycles. The molecule has 1 aromatic carbocycles. The van der Waals surface area contributed by atoms with Crippen LogP contribution in [0.1, 0.15) is 39.9 Å². The Bertz CT molecular complexity index is 481. The number of ether oxygens (including phenoxy) is 1. The minimum Gasteiger partial charge on any atom is -0.381 e. The van der Waals surface area contributed by atoms with E-state index in [1.165, 1.54) is 5.56 Å². The molecule has 0 aromatic heterocycles. The summed E-state index contributed by atoms with van der Waals surface area (Å²) in [7, 11) is 2.05. The second kappa shape index (κ2) is 7.19. The lowest BCUT2D eigenvalue weighted by atomic mass is 9.95. The van der Waals surface area contributed by atoms with Gasteiger partial charge < -0.3 is 4.74 Å². The first kappa shape index (κ1) is 16.2. The lowest BCUT2D eigenvalue weighted by molar-refractivity contribution is 0.0549. The molecule has 0 unspecified atom stereocenters. The molecule has 3 nitrogen and oxygen atoms in total. The zero-order valence-corrected chi connectivity index (χ0v) is 13.7. The SMILES string of the molecule is Cc1cc(C)c(C(=O)CN(C)CC2CCOCC2)c(C)c1. The Morgan fingerprint density at radius 1 is 1.19 bits per heavy atom. The van der Waals surface area contributed by atoms with Crippen LogP contribution < -0.4 is 0 Å². The van der Waals surface area contributed by atoms with E-state index in [1.807, 2.05) is 20.9 Å². The van der Waals surface area contributed by atoms with E-state index in [2.05, 4.69) is 24.0 Å². The fourth-order valence-electron chi connectivity index (χ4n) is 3.38. The van der Waals surface area contributed by atoms with Gasteiger partial charge >= 0.3 is 0 Å². The van der Waals surface area contributed by atoms with Gasteiger partial charge in [0.1, 0.15) is 0 Å². The van der Waals surface area contributed by atoms with E-state index in [0.29, 0.717) is 12.5 Å². The zero-order chi connectivity index (χ0) is 15.4. The molecular formula is C18H27NO2. The third-order valence-corrected chi connectivity index (χ3v) is 4.28. The Labute approximate surface area is 128 Å². The molecule has 1 saturated heterocycles. The maximum Gasteiger partial charge on any atom is 0.177 e. The molecule has 1 fully saturated rings. The van der Waals surface area contributed by atoms with Crippen molar-refractivity contribution < 1.29 is 9.53 Å². The molecule has 0 amide bonds. The maximum absolute atomic E-state index is 12.6. The van der Waals surface area contributed by atoms with Gasteiger partial charge in [-0.25, -0.2) is 0 Å². The van der Waals surface area contributed by atoms with Crippen LogP contribution in [0, 0.1) is 26.7 Å². The van der Waals surface area contributed by atoms with Crippen LogP contribution in [0.25, 0.3) is 0 Å². The molecule has 1 aliphatic rings. The number of carbonyl (C=O) groups is 1. The van der Waals surface area contributed by atoms with Crippen LogP contribution >= 0.6 is 0 Å². The third kappa shape index (κ3) is 4.39. The molecule has 0 saturated carbocycles. The molecule has 1 aliphatic heterocycles. The monoisotopic (exact) mass is 289 g/mol. The van der Waals surface area contributed by atoms with Crippen molar-refractivity contribution in [2.45, 2.75) is 33.6 Å². The molecule has 1 aromatic rings. The number of aryl methyl sites for hydroxylation is 3. The summed E-state index contributed by atoms with van der Waals surface area (Å²) in [6, 6.07) is 4.19. The van der Waals surface area contributed by atoms with E-state index in [1.54, 1.807) is 0 Å². The second-order valence-corrected chi connectivity index (χ2v) is 6.45. The van der Waals surface area contributed by atoms with Gasteiger partial charge in [-0.05, 0) is 57.7 Å². The van der Waals surface area contributed by atoms with Gasteiger partial charge in [0, 0.05) is 25.3 Å². The van der Waals surface area contributed by atoms with Crippen molar-refractivity contribution in [2.75, 3.05) is 33.4 Å². The lowest BCUT2D eigenvalue weighted by Gasteiger charge is -2.27. The van der Waals surface area contributed by atoms with E-state index in [-0.39, 0.29) is 5.78 Å². The van der Waals surface area contributed by atoms with E-state index in [9.17, 15) is 4.79 Å². The van der Waals surface area contributed by atoms with Crippen LogP contribution in [0.4, 0.5) is 0 Å². The number of carbonyl (C=O) groups excluding carboxylic acids is 1. The molecule has 0 bridgehead atoms. The first-order chi connectivity index (χ1) is 9.97. The van der Waals surface area contributed by atoms with Gasteiger partial charge in [-0.3, -0.25) is 9.69 Å². The van der Waals surface area contributed by atoms with Crippen molar-refractivity contribution in [1.29, 1.82) is 0 Å². The molecule has 0 N–H and O–H groups in total. The molecule has 0 aliphatic carbocycles. The number of nitrogens with zero attached hydrogens (tertiary/aromatic N) is 1. The van der Waals surface area contributed by atoms with Gasteiger partial charge in [0.05, 0.1) is 6.54 Å². The largest absolute Gasteiger partial charge is 0.381 e. The first-order valence-electron chi connectivity index (χ1n) is 7.84. The number of ketones is 1. The molecular weight excluding hydrogens is 262 g/mol. The van der Waals surface area contributed by atoms with Gasteiger partial charge in [-0.2, -0.15) is 0 Å². The highest BCUT2D eigenvalue weighted by atomic mass is 16.5. The number of benzene rings is 1. The number of likely N-dealkylation sites (N-methyl/N-ethyl adjacent to an activating group) is 1. The second-order valence-electron chi connectivity index (χ2n) is 6.45. The number of hydrogen-bond acceptors (Lipinski definition) is 3. The van der Waals surface area contributed by atoms with Crippen LogP contribution in [0.5, 0.6) is 0 Å². The van der Waals surface area contributed by atoms with Gasteiger partial charge in [0.25, 0.3) is 0 Å². The molecule has 2 rings (SSSR count). The highest BCUT2D eigenvalue weighted by Gasteiger charge is 2.19. The summed E-state index contributed by atoms with van der Waals surface area (Å²) in [6.45, 7) is 9.36. The fraction of sp³-hybridized carbons (Fsp3) is 0.611. The van der Waals surface area contributed by atoms with Crippen molar-refractivity contribution in [3.05, 3.63) is 34.4 Å². The summed E-state index contributed by atoms with van der Waals surface area (Å²) >= 11 is 0. The van der Waals surface area contributed by atoms with Crippen LogP contribution in [-0.4, -0.2) is 44.0 Å². The minimum atomic E-state index is 0.236. The standard InChI is InChI=1S/C18H27NO2/c1-13-9-14(2)18(15(3)10-13)17(20)12-19(4)11-16-5-7-21-8-6-16/h9-10,16H,5-8,11-12H2,1-4H3. The summed E-state index contributed by atoms with van der Waals surface area (Å²) < 4.78 is 5.39. The Kier molecular flexibility index (Phi) is 5.54. The zero-order valence-electron chi connectivity index (χ0n) is 13.7. The van der Waals surface area contributed by atoms with Crippen LogP contribution in [0.3, 0.4) is 0 Å². The van der Waals surface area contributed by atoms with Crippen molar-refractivity contribution in [3.8, 4) is 0 Å². The van der Waals surface area contributed by atoms with Gasteiger partial charge in [0.15, 0.2) is 5.78 Å². The Balaban J connectivity index is 1.97. The molecule has 0 atom stereocenters. The van der Waals surface area contributed by atoms with Crippen LogP contribution in [0.15, 0.2) is 12.1 Å². The fourth-order valence-corrected chi connectivity index (χ4v) is 3.38. The van der Waals surface area contributed by atoms with Crippen molar-refractivity contribution in [3.63, 3.8) is 0 Å². The highest BCUT2D eigenvalue weighted by Crippen LogP contribution is 2.19. The predicted molar refractivity (Wildman–Crippen MR) is 86.0 cm³/mol. The molecule has 116 valence electrons. The predicted octanol–water partition coefficient (Wildman–Crippen LogP) is 3.15. The number of rotatable bonds is 5. The van der Waals surface area contributed by atoms with Gasteiger partial charge in [0.2, 0.25) is 0 Å². The smallest absolute Gasteiger partial charge is 0.177 e. The van der Waals surface area contributed by atoms with Crippen molar-refractivity contribution in [1.82, 2.24) is 4.90 Å². The van der Waals surface area contributed by atoms with Crippen LogP contribution in [-0.2, 0) is 4.74 Å². The average Bonchev–Trinajstić information content (AvgIpc) is 2.38. The molecule has 0 radical (unpaired) electrons. The third-order valence-electron chi connectivity index (χ3n) is 4.28. The summed E-state index contributed by atoms with van der Waals surface area (Å²) in [5, 5.41) is 0. The van der Waals surface area contributed by atoms with Gasteiger partial charge in [-0.1, -0.05) is 17.7 Å². The minimum absolute atomic E-state index is 0.236. The summed E-state index contributed by atoms with van der Waals surface area (Å²) in [4.78, 5) is 14.7. The molecule has 21 heavy (non-hydrogen) atoms. The van der Waals surface area contributed by atoms with E-state index in [0.717, 1.165) is 49.3 Å². The van der Waals surface area contributed by atoms with Crippen molar-refractivity contribution in [2.24, 2.45) is 5.92 Å². The van der Waals surface area contributed by atoms with E-state index >= 15 is 0 Å². The number of hydrogen-bond donors (Lipinski definition) is 0. The Morgan fingerprint density at radius 2 is 1.76 bits per heavy atom. The summed E-state index contributed by atoms with van der Waals surface area (Å²) in [5.41, 5.74) is 4.31. The van der Waals surface area contributed by atoms with E-state index < -0.39 is 0 Å².